The summed E-state index contributed by atoms with van der Waals surface area (Å²) in [4.78, 5) is 23.7. The molecule has 4 aromatic rings. The number of aromatic nitrogens is 3. The standard InChI is InChI=1S/C24H22N4O2/c1-2-27-14-18(13-21(27)30)28-15-25-23(16-7-4-3-5-8-16)24(28)19-12-11-17-9-6-10-20(29)22(17)26-19/h3-12,15,18,29H,2,13-14H2,1H3/t18-/m0/s1. The van der Waals surface area contributed by atoms with Crippen molar-refractivity contribution in [2.24, 2.45) is 0 Å². The number of carbonyl (C=O) groups excluding carboxylic acids is 1. The first-order chi connectivity index (χ1) is 14.7. The van der Waals surface area contributed by atoms with Gasteiger partial charge in [-0.05, 0) is 19.1 Å². The lowest BCUT2D eigenvalue weighted by atomic mass is 10.1. The van der Waals surface area contributed by atoms with Crippen LogP contribution < -0.4 is 0 Å². The van der Waals surface area contributed by atoms with Gasteiger partial charge in [0, 0.05) is 30.5 Å². The van der Waals surface area contributed by atoms with Gasteiger partial charge in [-0.2, -0.15) is 0 Å². The number of hydrogen-bond donors (Lipinski definition) is 1. The van der Waals surface area contributed by atoms with Crippen LogP contribution in [0, 0.1) is 0 Å². The fraction of sp³-hybridized carbons (Fsp3) is 0.208. The van der Waals surface area contributed by atoms with Crippen molar-refractivity contribution in [3.63, 3.8) is 0 Å². The van der Waals surface area contributed by atoms with Gasteiger partial charge in [-0.1, -0.05) is 48.5 Å². The Bertz CT molecular complexity index is 1230. The van der Waals surface area contributed by atoms with Crippen molar-refractivity contribution >= 4 is 16.8 Å². The molecule has 0 aliphatic carbocycles. The number of likely N-dealkylation sites (N-methyl/N-ethyl adjacent to an activating group) is 1. The number of rotatable bonds is 4. The smallest absolute Gasteiger partial charge is 0.224 e. The van der Waals surface area contributed by atoms with Crippen LogP contribution in [0.25, 0.3) is 33.5 Å². The molecule has 0 saturated carbocycles. The third-order valence-corrected chi connectivity index (χ3v) is 5.75. The van der Waals surface area contributed by atoms with Crippen molar-refractivity contribution in [1.29, 1.82) is 0 Å². The first kappa shape index (κ1) is 18.4. The first-order valence-electron chi connectivity index (χ1n) is 10.1. The van der Waals surface area contributed by atoms with Gasteiger partial charge in [0.05, 0.1) is 29.5 Å². The fourth-order valence-corrected chi connectivity index (χ4v) is 4.21. The number of amides is 1. The van der Waals surface area contributed by atoms with Gasteiger partial charge in [0.15, 0.2) is 0 Å². The molecule has 6 heteroatoms. The number of likely N-dealkylation sites (tertiary alicyclic amines) is 1. The van der Waals surface area contributed by atoms with Gasteiger partial charge in [-0.25, -0.2) is 9.97 Å². The molecule has 3 heterocycles. The Hall–Kier alpha value is -3.67. The van der Waals surface area contributed by atoms with E-state index >= 15 is 0 Å². The van der Waals surface area contributed by atoms with Crippen LogP contribution in [0.15, 0.2) is 67.0 Å². The maximum Gasteiger partial charge on any atom is 0.224 e. The predicted molar refractivity (Wildman–Crippen MR) is 116 cm³/mol. The number of hydrogen-bond acceptors (Lipinski definition) is 4. The molecule has 1 amide bonds. The summed E-state index contributed by atoms with van der Waals surface area (Å²) in [6.45, 7) is 3.36. The Balaban J connectivity index is 1.70. The average Bonchev–Trinajstić information content (AvgIpc) is 3.38. The summed E-state index contributed by atoms with van der Waals surface area (Å²) in [5.41, 5.74) is 3.95. The molecule has 1 atom stereocenters. The van der Waals surface area contributed by atoms with Crippen molar-refractivity contribution in [1.82, 2.24) is 19.4 Å². The summed E-state index contributed by atoms with van der Waals surface area (Å²) in [6, 6.07) is 19.3. The number of nitrogens with zero attached hydrogens (tertiary/aromatic N) is 4. The van der Waals surface area contributed by atoms with E-state index in [0.717, 1.165) is 28.0 Å². The van der Waals surface area contributed by atoms with Crippen molar-refractivity contribution in [3.8, 4) is 28.4 Å². The average molecular weight is 398 g/mol. The van der Waals surface area contributed by atoms with Crippen LogP contribution in [-0.4, -0.2) is 43.5 Å². The number of imidazole rings is 1. The molecule has 0 radical (unpaired) electrons. The number of carbonyl (C=O) groups is 1. The summed E-state index contributed by atoms with van der Waals surface area (Å²) in [5.74, 6) is 0.308. The quantitative estimate of drug-likeness (QED) is 0.557. The number of fused-ring (bicyclic) bond motifs is 1. The molecule has 30 heavy (non-hydrogen) atoms. The lowest BCUT2D eigenvalue weighted by Crippen LogP contribution is -2.24. The van der Waals surface area contributed by atoms with Crippen LogP contribution in [-0.2, 0) is 4.79 Å². The van der Waals surface area contributed by atoms with Crippen molar-refractivity contribution < 1.29 is 9.90 Å². The van der Waals surface area contributed by atoms with Crippen LogP contribution in [0.2, 0.25) is 0 Å². The SMILES string of the molecule is CCN1C[C@@H](n2cnc(-c3ccccc3)c2-c2ccc3cccc(O)c3n2)CC1=O. The molecule has 1 N–H and O–H groups in total. The van der Waals surface area contributed by atoms with E-state index in [1.165, 1.54) is 0 Å². The molecule has 1 fully saturated rings. The van der Waals surface area contributed by atoms with Gasteiger partial charge in [0.25, 0.3) is 0 Å². The molecule has 2 aromatic heterocycles. The van der Waals surface area contributed by atoms with Crippen LogP contribution >= 0.6 is 0 Å². The van der Waals surface area contributed by atoms with E-state index in [9.17, 15) is 9.90 Å². The van der Waals surface area contributed by atoms with E-state index in [0.29, 0.717) is 25.0 Å². The van der Waals surface area contributed by atoms with Crippen molar-refractivity contribution in [2.75, 3.05) is 13.1 Å². The van der Waals surface area contributed by atoms with Crippen LogP contribution in [0.3, 0.4) is 0 Å². The van der Waals surface area contributed by atoms with Crippen LogP contribution in [0.5, 0.6) is 5.75 Å². The summed E-state index contributed by atoms with van der Waals surface area (Å²) in [5, 5.41) is 11.2. The van der Waals surface area contributed by atoms with Crippen LogP contribution in [0.1, 0.15) is 19.4 Å². The third-order valence-electron chi connectivity index (χ3n) is 5.75. The third kappa shape index (κ3) is 3.01. The zero-order valence-corrected chi connectivity index (χ0v) is 16.7. The van der Waals surface area contributed by atoms with Gasteiger partial charge in [-0.15, -0.1) is 0 Å². The van der Waals surface area contributed by atoms with Crippen molar-refractivity contribution in [2.45, 2.75) is 19.4 Å². The van der Waals surface area contributed by atoms with E-state index in [4.69, 9.17) is 9.97 Å². The van der Waals surface area contributed by atoms with Crippen molar-refractivity contribution in [3.05, 3.63) is 67.0 Å². The zero-order chi connectivity index (χ0) is 20.7. The molecule has 2 aromatic carbocycles. The predicted octanol–water partition coefficient (Wildman–Crippen LogP) is 4.26. The molecule has 0 bridgehead atoms. The Morgan fingerprint density at radius 2 is 1.90 bits per heavy atom. The Morgan fingerprint density at radius 3 is 2.67 bits per heavy atom. The summed E-state index contributed by atoms with van der Waals surface area (Å²) in [6.07, 6.45) is 2.26. The van der Waals surface area contributed by atoms with E-state index in [1.807, 2.05) is 72.7 Å². The van der Waals surface area contributed by atoms with E-state index in [-0.39, 0.29) is 17.7 Å². The number of phenolic OH excluding ortho intramolecular Hbond substituents is 1. The van der Waals surface area contributed by atoms with Gasteiger partial charge in [0.1, 0.15) is 11.3 Å². The molecule has 150 valence electrons. The van der Waals surface area contributed by atoms with E-state index < -0.39 is 0 Å². The second-order valence-electron chi connectivity index (χ2n) is 7.55. The van der Waals surface area contributed by atoms with Gasteiger partial charge in [-0.3, -0.25) is 4.79 Å². The van der Waals surface area contributed by atoms with E-state index in [2.05, 4.69) is 4.57 Å². The van der Waals surface area contributed by atoms with E-state index in [1.54, 1.807) is 6.07 Å². The first-order valence-corrected chi connectivity index (χ1v) is 10.1. The highest BCUT2D eigenvalue weighted by Crippen LogP contribution is 2.36. The monoisotopic (exact) mass is 398 g/mol. The van der Waals surface area contributed by atoms with Gasteiger partial charge >= 0.3 is 0 Å². The second-order valence-corrected chi connectivity index (χ2v) is 7.55. The molecule has 0 unspecified atom stereocenters. The summed E-state index contributed by atoms with van der Waals surface area (Å²) in [7, 11) is 0. The fourth-order valence-electron chi connectivity index (χ4n) is 4.21. The zero-order valence-electron chi connectivity index (χ0n) is 16.7. The number of pyridine rings is 1. The minimum atomic E-state index is -0.000667. The lowest BCUT2D eigenvalue weighted by molar-refractivity contribution is -0.127. The molecular weight excluding hydrogens is 376 g/mol. The number of phenols is 1. The number of benzene rings is 2. The number of para-hydroxylation sites is 1. The lowest BCUT2D eigenvalue weighted by Gasteiger charge is -2.17. The van der Waals surface area contributed by atoms with Gasteiger partial charge in [0.2, 0.25) is 5.91 Å². The molecule has 1 aliphatic heterocycles. The van der Waals surface area contributed by atoms with Crippen LogP contribution in [0.4, 0.5) is 0 Å². The Labute approximate surface area is 174 Å². The Kier molecular flexibility index (Phi) is 4.47. The highest BCUT2D eigenvalue weighted by Gasteiger charge is 2.32. The second kappa shape index (κ2) is 7.30. The molecular formula is C24H22N4O2. The highest BCUT2D eigenvalue weighted by molar-refractivity contribution is 5.88. The number of aromatic hydroxyl groups is 1. The van der Waals surface area contributed by atoms with Gasteiger partial charge < -0.3 is 14.6 Å². The molecule has 5 rings (SSSR count). The minimum absolute atomic E-state index is 0.000667. The topological polar surface area (TPSA) is 71.2 Å². The molecule has 6 nitrogen and oxygen atoms in total. The molecule has 0 spiro atoms. The highest BCUT2D eigenvalue weighted by atomic mass is 16.3. The largest absolute Gasteiger partial charge is 0.506 e. The molecule has 1 aliphatic rings. The maximum absolute atomic E-state index is 12.4. The Morgan fingerprint density at radius 1 is 1.07 bits per heavy atom. The normalized spacial score (nSPS) is 16.5. The minimum Gasteiger partial charge on any atom is -0.506 e. The molecule has 1 saturated heterocycles. The summed E-state index contributed by atoms with van der Waals surface area (Å²) >= 11 is 0. The summed E-state index contributed by atoms with van der Waals surface area (Å²) < 4.78 is 2.07. The maximum atomic E-state index is 12.4.